The molecule has 2 aliphatic carbocycles. The molecule has 3 aromatic rings. The third-order valence-corrected chi connectivity index (χ3v) is 6.76. The van der Waals surface area contributed by atoms with Crippen LogP contribution in [-0.2, 0) is 9.59 Å². The zero-order valence-electron chi connectivity index (χ0n) is 19.7. The molecule has 35 heavy (non-hydrogen) atoms. The molecule has 0 spiro atoms. The van der Waals surface area contributed by atoms with Gasteiger partial charge in [0.1, 0.15) is 22.9 Å². The minimum Gasteiger partial charge on any atom is -0.481 e. The average Bonchev–Trinajstić information content (AvgIpc) is 3.65. The van der Waals surface area contributed by atoms with Gasteiger partial charge in [-0.3, -0.25) is 14.6 Å². The highest BCUT2D eigenvalue weighted by Gasteiger charge is 2.36. The highest BCUT2D eigenvalue weighted by molar-refractivity contribution is 5.95. The molecule has 2 atom stereocenters. The number of carboxylic acid groups (broad SMARTS) is 1. The van der Waals surface area contributed by atoms with E-state index in [4.69, 9.17) is 4.52 Å². The summed E-state index contributed by atoms with van der Waals surface area (Å²) in [4.78, 5) is 38.0. The fourth-order valence-electron chi connectivity index (χ4n) is 4.62. The lowest BCUT2D eigenvalue weighted by Crippen LogP contribution is -2.36. The van der Waals surface area contributed by atoms with Crippen molar-refractivity contribution in [2.75, 3.05) is 10.6 Å². The summed E-state index contributed by atoms with van der Waals surface area (Å²) in [6.45, 7) is 3.62. The molecule has 3 heterocycles. The molecule has 3 N–H and O–H groups in total. The quantitative estimate of drug-likeness (QED) is 0.446. The monoisotopic (exact) mass is 476 g/mol. The van der Waals surface area contributed by atoms with Gasteiger partial charge in [-0.15, -0.1) is 0 Å². The maximum atomic E-state index is 12.9. The van der Waals surface area contributed by atoms with Crippen molar-refractivity contribution in [1.82, 2.24) is 20.1 Å². The number of carboxylic acids is 1. The lowest BCUT2D eigenvalue weighted by molar-refractivity contribution is -0.147. The van der Waals surface area contributed by atoms with Crippen LogP contribution in [0.15, 0.2) is 29.0 Å². The van der Waals surface area contributed by atoms with E-state index in [1.165, 1.54) is 0 Å². The van der Waals surface area contributed by atoms with Gasteiger partial charge in [0.2, 0.25) is 11.7 Å². The molecule has 2 saturated carbocycles. The molecule has 0 bridgehead atoms. The zero-order chi connectivity index (χ0) is 24.5. The normalized spacial score (nSPS) is 19.8. The summed E-state index contributed by atoms with van der Waals surface area (Å²) in [5, 5.41) is 19.7. The molecule has 10 nitrogen and oxygen atoms in total. The van der Waals surface area contributed by atoms with Gasteiger partial charge in [0, 0.05) is 12.1 Å². The van der Waals surface area contributed by atoms with E-state index in [-0.39, 0.29) is 5.91 Å². The molecule has 182 valence electrons. The van der Waals surface area contributed by atoms with Gasteiger partial charge in [0.25, 0.3) is 0 Å². The molecular weight excluding hydrogens is 448 g/mol. The van der Waals surface area contributed by atoms with Crippen molar-refractivity contribution in [3.8, 4) is 11.5 Å². The minimum absolute atomic E-state index is 0.276. The van der Waals surface area contributed by atoms with Crippen LogP contribution in [0.1, 0.15) is 61.5 Å². The fraction of sp³-hybridized carbons (Fsp3) is 0.440. The maximum Gasteiger partial charge on any atom is 0.307 e. The average molecular weight is 477 g/mol. The largest absolute Gasteiger partial charge is 0.481 e. The number of aryl methyl sites for hydroxylation is 2. The van der Waals surface area contributed by atoms with E-state index < -0.39 is 17.8 Å². The molecule has 0 saturated heterocycles. The van der Waals surface area contributed by atoms with Crippen LogP contribution >= 0.6 is 0 Å². The van der Waals surface area contributed by atoms with Gasteiger partial charge in [0.15, 0.2) is 0 Å². The maximum absolute atomic E-state index is 12.9. The first-order valence-corrected chi connectivity index (χ1v) is 12.0. The number of hydrogen-bond donors (Lipinski definition) is 3. The predicted molar refractivity (Wildman–Crippen MR) is 128 cm³/mol. The molecule has 0 unspecified atom stereocenters. The highest BCUT2D eigenvalue weighted by Crippen LogP contribution is 2.39. The Kier molecular flexibility index (Phi) is 6.19. The van der Waals surface area contributed by atoms with Gasteiger partial charge in [0.05, 0.1) is 35.1 Å². The van der Waals surface area contributed by atoms with Crippen molar-refractivity contribution < 1.29 is 19.2 Å². The standard InChI is InChI=1S/C25H28N6O4/c1-13-18(29-24(32)16-5-3-4-6-17(16)25(33)34)9-10-19(27-13)23-22(14(2)31-35-23)30-21-12-26-11-20(28-21)15-7-8-15/h9-12,15-17H,3-8H2,1-2H3,(H,28,30)(H,29,32)(H,33,34)/t16-,17-/m0/s1. The molecule has 10 heteroatoms. The summed E-state index contributed by atoms with van der Waals surface area (Å²) in [7, 11) is 0. The van der Waals surface area contributed by atoms with E-state index in [2.05, 4.69) is 30.7 Å². The van der Waals surface area contributed by atoms with Gasteiger partial charge in [-0.05, 0) is 51.7 Å². The molecule has 0 aromatic carbocycles. The van der Waals surface area contributed by atoms with Crippen LogP contribution in [0.25, 0.3) is 11.5 Å². The summed E-state index contributed by atoms with van der Waals surface area (Å²) in [6.07, 6.45) is 8.52. The van der Waals surface area contributed by atoms with E-state index in [9.17, 15) is 14.7 Å². The second-order valence-electron chi connectivity index (χ2n) is 9.35. The Morgan fingerprint density at radius 2 is 1.77 bits per heavy atom. The van der Waals surface area contributed by atoms with Crippen LogP contribution in [0.3, 0.4) is 0 Å². The van der Waals surface area contributed by atoms with Crippen LogP contribution in [0.5, 0.6) is 0 Å². The van der Waals surface area contributed by atoms with Gasteiger partial charge in [-0.25, -0.2) is 9.97 Å². The number of carbonyl (C=O) groups is 2. The Balaban J connectivity index is 1.35. The van der Waals surface area contributed by atoms with Crippen molar-refractivity contribution in [3.63, 3.8) is 0 Å². The topological polar surface area (TPSA) is 143 Å². The summed E-state index contributed by atoms with van der Waals surface area (Å²) >= 11 is 0. The number of amides is 1. The van der Waals surface area contributed by atoms with Crippen molar-refractivity contribution in [3.05, 3.63) is 41.6 Å². The first-order chi connectivity index (χ1) is 16.9. The van der Waals surface area contributed by atoms with Gasteiger partial charge in [-0.1, -0.05) is 18.0 Å². The fourth-order valence-corrected chi connectivity index (χ4v) is 4.62. The number of nitrogens with one attached hydrogen (secondary N) is 2. The molecular formula is C25H28N6O4. The molecule has 1 amide bonds. The smallest absolute Gasteiger partial charge is 0.307 e. The second kappa shape index (κ2) is 9.44. The number of anilines is 3. The highest BCUT2D eigenvalue weighted by atomic mass is 16.5. The van der Waals surface area contributed by atoms with Crippen molar-refractivity contribution in [1.29, 1.82) is 0 Å². The van der Waals surface area contributed by atoms with E-state index in [0.29, 0.717) is 58.8 Å². The van der Waals surface area contributed by atoms with Crippen molar-refractivity contribution in [2.45, 2.75) is 58.3 Å². The number of aliphatic carboxylic acids is 1. The Labute approximate surface area is 202 Å². The predicted octanol–water partition coefficient (Wildman–Crippen LogP) is 4.59. The molecule has 5 rings (SSSR count). The third kappa shape index (κ3) is 4.87. The number of pyridine rings is 1. The Morgan fingerprint density at radius 3 is 2.49 bits per heavy atom. The Morgan fingerprint density at radius 1 is 1.00 bits per heavy atom. The molecule has 3 aromatic heterocycles. The first kappa shape index (κ1) is 22.9. The van der Waals surface area contributed by atoms with Gasteiger partial charge >= 0.3 is 5.97 Å². The van der Waals surface area contributed by atoms with E-state index in [0.717, 1.165) is 31.4 Å². The summed E-state index contributed by atoms with van der Waals surface area (Å²) in [5.74, 6) is -0.823. The summed E-state index contributed by atoms with van der Waals surface area (Å²) < 4.78 is 5.58. The number of rotatable bonds is 7. The number of nitrogens with zero attached hydrogens (tertiary/aromatic N) is 4. The second-order valence-corrected chi connectivity index (χ2v) is 9.35. The third-order valence-electron chi connectivity index (χ3n) is 6.76. The van der Waals surface area contributed by atoms with E-state index >= 15 is 0 Å². The Bertz CT molecular complexity index is 1270. The van der Waals surface area contributed by atoms with Crippen LogP contribution in [0, 0.1) is 25.7 Å². The van der Waals surface area contributed by atoms with E-state index in [1.807, 2.05) is 6.92 Å². The first-order valence-electron chi connectivity index (χ1n) is 12.0. The summed E-state index contributed by atoms with van der Waals surface area (Å²) in [6, 6.07) is 3.50. The lowest BCUT2D eigenvalue weighted by atomic mass is 9.78. The Hall–Kier alpha value is -3.82. The van der Waals surface area contributed by atoms with E-state index in [1.54, 1.807) is 31.5 Å². The molecule has 0 radical (unpaired) electrons. The number of hydrogen-bond acceptors (Lipinski definition) is 8. The van der Waals surface area contributed by atoms with Crippen LogP contribution in [0.4, 0.5) is 17.2 Å². The van der Waals surface area contributed by atoms with Gasteiger partial charge < -0.3 is 20.3 Å². The lowest BCUT2D eigenvalue weighted by Gasteiger charge is -2.27. The number of aromatic nitrogens is 4. The minimum atomic E-state index is -0.914. The molecule has 2 aliphatic rings. The van der Waals surface area contributed by atoms with Gasteiger partial charge in [-0.2, -0.15) is 0 Å². The zero-order valence-corrected chi connectivity index (χ0v) is 19.7. The molecule has 2 fully saturated rings. The van der Waals surface area contributed by atoms with Crippen LogP contribution < -0.4 is 10.6 Å². The summed E-state index contributed by atoms with van der Waals surface area (Å²) in [5.41, 5.74) is 3.98. The SMILES string of the molecule is Cc1nc(-c2onc(C)c2Nc2cncc(C3CC3)n2)ccc1NC(=O)[C@H]1CCCC[C@@H]1C(=O)O. The van der Waals surface area contributed by atoms with Crippen molar-refractivity contribution in [2.24, 2.45) is 11.8 Å². The molecule has 0 aliphatic heterocycles. The van der Waals surface area contributed by atoms with Crippen LogP contribution in [-0.4, -0.2) is 37.1 Å². The van der Waals surface area contributed by atoms with Crippen LogP contribution in [0.2, 0.25) is 0 Å². The van der Waals surface area contributed by atoms with Crippen molar-refractivity contribution >= 4 is 29.1 Å². The number of carbonyl (C=O) groups excluding carboxylic acids is 1.